The lowest BCUT2D eigenvalue weighted by Gasteiger charge is -1.94. The molecule has 19 heavy (non-hydrogen) atoms. The predicted molar refractivity (Wildman–Crippen MR) is 83.3 cm³/mol. The van der Waals surface area contributed by atoms with Crippen molar-refractivity contribution in [2.75, 3.05) is 0 Å². The Balaban J connectivity index is -0.000000278. The second-order valence-corrected chi connectivity index (χ2v) is 2.71. The first kappa shape index (κ1) is 22.1. The molecule has 2 heteroatoms. The van der Waals surface area contributed by atoms with Crippen molar-refractivity contribution >= 4 is 24.4 Å². The van der Waals surface area contributed by atoms with Gasteiger partial charge in [-0.2, -0.15) is 0 Å². The van der Waals surface area contributed by atoms with E-state index < -0.39 is 0 Å². The molecule has 0 unspecified atom stereocenters. The summed E-state index contributed by atoms with van der Waals surface area (Å²) >= 11 is 0. The molecule has 0 N–H and O–H groups in total. The van der Waals surface area contributed by atoms with E-state index in [9.17, 15) is 0 Å². The fraction of sp³-hybridized carbons (Fsp3) is 0.294. The third kappa shape index (κ3) is 9.55. The molecule has 0 bridgehead atoms. The molecule has 0 spiro atoms. The Hall–Kier alpha value is -2.14. The number of carbonyl (C=O) groups excluding carboxylic acids is 2. The molecule has 2 aromatic rings. The third-order valence-electron chi connectivity index (χ3n) is 1.78. The number of carbonyl (C=O) groups is 2. The lowest BCUT2D eigenvalue weighted by Crippen LogP contribution is -1.72. The lowest BCUT2D eigenvalue weighted by molar-refractivity contribution is -0.0987. The minimum atomic E-state index is 1.23. The van der Waals surface area contributed by atoms with Gasteiger partial charge in [-0.25, -0.2) is 0 Å². The quantitative estimate of drug-likeness (QED) is 0.702. The average Bonchev–Trinajstić information content (AvgIpc) is 2.55. The van der Waals surface area contributed by atoms with Crippen LogP contribution in [0, 0.1) is 19.1 Å². The van der Waals surface area contributed by atoms with Crippen molar-refractivity contribution in [3.63, 3.8) is 0 Å². The van der Waals surface area contributed by atoms with Crippen LogP contribution in [0.15, 0.2) is 30.3 Å². The van der Waals surface area contributed by atoms with Crippen LogP contribution in [0.1, 0.15) is 33.3 Å². The van der Waals surface area contributed by atoms with Gasteiger partial charge in [0.05, 0.1) is 0 Å². The Kier molecular flexibility index (Phi) is 21.2. The van der Waals surface area contributed by atoms with Crippen LogP contribution in [-0.2, 0) is 9.59 Å². The summed E-state index contributed by atoms with van der Waals surface area (Å²) in [5, 5.41) is 2.47. The van der Waals surface area contributed by atoms with Crippen molar-refractivity contribution in [2.45, 2.75) is 34.6 Å². The molecule has 0 aromatic heterocycles. The van der Waals surface area contributed by atoms with E-state index in [0.717, 1.165) is 0 Å². The maximum Gasteiger partial charge on any atom is 0.106 e. The van der Waals surface area contributed by atoms with E-state index in [1.807, 2.05) is 53.4 Å². The van der Waals surface area contributed by atoms with Crippen LogP contribution in [0.25, 0.3) is 10.8 Å². The molecular weight excluding hydrogens is 236 g/mol. The molecule has 0 atom stereocenters. The summed E-state index contributed by atoms with van der Waals surface area (Å²) in [5.41, 5.74) is 1.29. The highest BCUT2D eigenvalue weighted by molar-refractivity contribution is 5.82. The minimum Gasteiger partial charge on any atom is -0.307 e. The molecule has 0 saturated carbocycles. The molecule has 104 valence electrons. The van der Waals surface area contributed by atoms with E-state index in [1.165, 1.54) is 16.3 Å². The molecule has 0 aliphatic heterocycles. The summed E-state index contributed by atoms with van der Waals surface area (Å²) < 4.78 is 0. The summed E-state index contributed by atoms with van der Waals surface area (Å²) in [6.45, 7) is 14.1. The van der Waals surface area contributed by atoms with Crippen LogP contribution in [-0.4, -0.2) is 13.6 Å². The Morgan fingerprint density at radius 2 is 1.21 bits per heavy atom. The van der Waals surface area contributed by atoms with E-state index in [-0.39, 0.29) is 0 Å². The van der Waals surface area contributed by atoms with E-state index in [2.05, 4.69) is 37.3 Å². The van der Waals surface area contributed by atoms with Crippen LogP contribution in [0.2, 0.25) is 0 Å². The number of aryl methyl sites for hydroxylation is 1. The maximum atomic E-state index is 8.00. The number of rotatable bonds is 0. The van der Waals surface area contributed by atoms with Gasteiger partial charge in [-0.3, -0.25) is 0 Å². The Morgan fingerprint density at radius 3 is 1.68 bits per heavy atom. The van der Waals surface area contributed by atoms with E-state index in [0.29, 0.717) is 0 Å². The van der Waals surface area contributed by atoms with Gasteiger partial charge in [0.15, 0.2) is 0 Å². The third-order valence-corrected chi connectivity index (χ3v) is 1.78. The monoisotopic (exact) mass is 260 g/mol. The van der Waals surface area contributed by atoms with Crippen LogP contribution in [0.4, 0.5) is 0 Å². The smallest absolute Gasteiger partial charge is 0.106 e. The Bertz CT molecular complexity index is 409. The largest absolute Gasteiger partial charge is 0.307 e. The molecule has 0 amide bonds. The summed E-state index contributed by atoms with van der Waals surface area (Å²) in [6, 6.07) is 16.1. The lowest BCUT2D eigenvalue weighted by atomic mass is 10.1. The minimum absolute atomic E-state index is 1.23. The molecular formula is C17H24O2. The van der Waals surface area contributed by atoms with Gasteiger partial charge in [0.25, 0.3) is 0 Å². The molecule has 0 aliphatic rings. The highest BCUT2D eigenvalue weighted by Crippen LogP contribution is 2.12. The summed E-state index contributed by atoms with van der Waals surface area (Å²) in [4.78, 5) is 16.0. The molecule has 0 saturated heterocycles. The first-order valence-electron chi connectivity index (χ1n) is 6.22. The second kappa shape index (κ2) is 18.2. The van der Waals surface area contributed by atoms with Gasteiger partial charge in [0, 0.05) is 0 Å². The van der Waals surface area contributed by atoms with Gasteiger partial charge in [-0.1, -0.05) is 63.6 Å². The van der Waals surface area contributed by atoms with Crippen molar-refractivity contribution < 1.29 is 9.59 Å². The van der Waals surface area contributed by atoms with Crippen molar-refractivity contribution in [1.29, 1.82) is 0 Å². The standard InChI is InChI=1S/C11H8.2C2H6.2CH2O/c1-9-6-7-10-4-2-3-5-11(10)8-9;4*1-2/h4-8H,1H3;2*1-2H3;2*1H2. The summed E-state index contributed by atoms with van der Waals surface area (Å²) in [6.07, 6.45) is 0. The average molecular weight is 260 g/mol. The maximum absolute atomic E-state index is 8.00. The van der Waals surface area contributed by atoms with Crippen LogP contribution < -0.4 is 0 Å². The molecule has 0 radical (unpaired) electrons. The molecule has 2 aromatic carbocycles. The van der Waals surface area contributed by atoms with E-state index >= 15 is 0 Å². The Labute approximate surface area is 117 Å². The zero-order valence-corrected chi connectivity index (χ0v) is 12.6. The highest BCUT2D eigenvalue weighted by atomic mass is 16.1. The predicted octanol–water partition coefficient (Wildman–Crippen LogP) is 4.43. The van der Waals surface area contributed by atoms with E-state index in [1.54, 1.807) is 0 Å². The van der Waals surface area contributed by atoms with Gasteiger partial charge in [0.1, 0.15) is 13.6 Å². The normalized spacial score (nSPS) is 6.58. The van der Waals surface area contributed by atoms with Gasteiger partial charge in [0.2, 0.25) is 0 Å². The van der Waals surface area contributed by atoms with Crippen LogP contribution in [0.5, 0.6) is 0 Å². The number of fused-ring (bicyclic) bond motifs is 1. The van der Waals surface area contributed by atoms with Crippen molar-refractivity contribution in [3.8, 4) is 0 Å². The zero-order valence-electron chi connectivity index (χ0n) is 12.6. The van der Waals surface area contributed by atoms with Gasteiger partial charge in [-0.15, -0.1) is 0 Å². The van der Waals surface area contributed by atoms with Gasteiger partial charge < -0.3 is 9.59 Å². The van der Waals surface area contributed by atoms with Gasteiger partial charge in [-0.05, 0) is 29.8 Å². The van der Waals surface area contributed by atoms with Gasteiger partial charge >= 0.3 is 0 Å². The zero-order chi connectivity index (χ0) is 15.7. The van der Waals surface area contributed by atoms with E-state index in [4.69, 9.17) is 9.59 Å². The Morgan fingerprint density at radius 1 is 0.789 bits per heavy atom. The van der Waals surface area contributed by atoms with Crippen molar-refractivity contribution in [3.05, 3.63) is 48.0 Å². The molecule has 0 fully saturated rings. The highest BCUT2D eigenvalue weighted by Gasteiger charge is 1.89. The fourth-order valence-electron chi connectivity index (χ4n) is 1.19. The van der Waals surface area contributed by atoms with Crippen LogP contribution in [0.3, 0.4) is 0 Å². The fourth-order valence-corrected chi connectivity index (χ4v) is 1.19. The second-order valence-electron chi connectivity index (χ2n) is 2.71. The number of hydrogen-bond donors (Lipinski definition) is 0. The molecule has 2 rings (SSSR count). The first-order valence-corrected chi connectivity index (χ1v) is 6.22. The SMILES string of the molecule is C=O.C=O.CC.CC.Cc1ccc2cc#ccc2c1. The van der Waals surface area contributed by atoms with Crippen molar-refractivity contribution in [2.24, 2.45) is 0 Å². The summed E-state index contributed by atoms with van der Waals surface area (Å²) in [7, 11) is 0. The molecule has 0 heterocycles. The number of benzene rings is 1. The first-order chi connectivity index (χ1) is 9.36. The molecule has 0 aliphatic carbocycles. The summed E-state index contributed by atoms with van der Waals surface area (Å²) in [5.74, 6) is 0. The topological polar surface area (TPSA) is 34.1 Å². The number of hydrogen-bond acceptors (Lipinski definition) is 2. The van der Waals surface area contributed by atoms with Crippen molar-refractivity contribution in [1.82, 2.24) is 0 Å². The van der Waals surface area contributed by atoms with Crippen LogP contribution >= 0.6 is 0 Å². The molecule has 2 nitrogen and oxygen atoms in total.